The van der Waals surface area contributed by atoms with Crippen molar-refractivity contribution in [1.82, 2.24) is 0 Å². The van der Waals surface area contributed by atoms with E-state index in [1.807, 2.05) is 30.3 Å². The molecule has 0 aliphatic carbocycles. The van der Waals surface area contributed by atoms with Crippen LogP contribution in [0.2, 0.25) is 0 Å². The topological polar surface area (TPSA) is 29.4 Å². The maximum absolute atomic E-state index is 11.4. The molecule has 3 heteroatoms. The summed E-state index contributed by atoms with van der Waals surface area (Å²) in [5, 5.41) is -0.164. The van der Waals surface area contributed by atoms with Crippen LogP contribution in [0.5, 0.6) is 0 Å². The third-order valence-corrected chi connectivity index (χ3v) is 2.99. The molecule has 0 N–H and O–H groups in total. The van der Waals surface area contributed by atoms with Gasteiger partial charge in [-0.2, -0.15) is 0 Å². The van der Waals surface area contributed by atoms with Gasteiger partial charge in [0.05, 0.1) is 0 Å². The van der Waals surface area contributed by atoms with E-state index in [4.69, 9.17) is 0 Å². The Kier molecular flexibility index (Phi) is 2.79. The summed E-state index contributed by atoms with van der Waals surface area (Å²) in [6.07, 6.45) is 4.73. The first-order chi connectivity index (χ1) is 6.86. The van der Waals surface area contributed by atoms with E-state index >= 15 is 0 Å². The van der Waals surface area contributed by atoms with E-state index in [1.54, 1.807) is 6.21 Å². The highest BCUT2D eigenvalue weighted by atomic mass is 32.2. The van der Waals surface area contributed by atoms with E-state index in [9.17, 15) is 4.79 Å². The third-order valence-electron chi connectivity index (χ3n) is 1.83. The van der Waals surface area contributed by atoms with Gasteiger partial charge in [-0.1, -0.05) is 18.2 Å². The lowest BCUT2D eigenvalue weighted by Crippen LogP contribution is -2.18. The molecule has 0 fully saturated rings. The number of hydrogen-bond acceptors (Lipinski definition) is 3. The molecule has 0 amide bonds. The number of thioether (sulfide) groups is 1. The maximum atomic E-state index is 11.4. The summed E-state index contributed by atoms with van der Waals surface area (Å²) in [5.74, 6) is 0.105. The number of carbonyl (C=O) groups is 1. The van der Waals surface area contributed by atoms with Gasteiger partial charge in [0.15, 0.2) is 5.78 Å². The first-order valence-electron chi connectivity index (χ1n) is 4.32. The zero-order valence-electron chi connectivity index (χ0n) is 7.46. The van der Waals surface area contributed by atoms with E-state index < -0.39 is 0 Å². The predicted octanol–water partition coefficient (Wildman–Crippen LogP) is 2.31. The molecule has 0 saturated carbocycles. The van der Waals surface area contributed by atoms with Crippen molar-refractivity contribution in [1.29, 1.82) is 0 Å². The Balaban J connectivity index is 2.09. The summed E-state index contributed by atoms with van der Waals surface area (Å²) >= 11 is 1.52. The molecule has 2 nitrogen and oxygen atoms in total. The van der Waals surface area contributed by atoms with Crippen molar-refractivity contribution in [3.63, 3.8) is 0 Å². The molecule has 2 rings (SSSR count). The fraction of sp³-hybridized carbons (Fsp3) is 0.0909. The van der Waals surface area contributed by atoms with Crippen LogP contribution in [-0.2, 0) is 4.79 Å². The van der Waals surface area contributed by atoms with Gasteiger partial charge in [0.25, 0.3) is 0 Å². The maximum Gasteiger partial charge on any atom is 0.175 e. The first kappa shape index (κ1) is 9.21. The Bertz CT molecular complexity index is 384. The first-order valence-corrected chi connectivity index (χ1v) is 5.19. The lowest BCUT2D eigenvalue weighted by atomic mass is 10.2. The van der Waals surface area contributed by atoms with Gasteiger partial charge in [-0.25, -0.2) is 0 Å². The van der Waals surface area contributed by atoms with Gasteiger partial charge in [0, 0.05) is 23.4 Å². The van der Waals surface area contributed by atoms with Gasteiger partial charge in [-0.05, 0) is 12.1 Å². The molecule has 1 aliphatic rings. The molecule has 0 saturated heterocycles. The highest BCUT2D eigenvalue weighted by Crippen LogP contribution is 2.23. The number of rotatable bonds is 2. The molecular weight excluding hydrogens is 194 g/mol. The standard InChI is InChI=1S/C11H9NOS/c13-10-6-7-12-8-11(10)14-9-4-2-1-3-5-9/h1-8,11H. The molecular formula is C11H9NOS. The number of ketones is 1. The van der Waals surface area contributed by atoms with E-state index in [-0.39, 0.29) is 11.0 Å². The number of allylic oxidation sites excluding steroid dienone is 1. The zero-order chi connectivity index (χ0) is 9.80. The van der Waals surface area contributed by atoms with Gasteiger partial charge in [-0.3, -0.25) is 9.79 Å². The highest BCUT2D eigenvalue weighted by Gasteiger charge is 2.16. The molecule has 14 heavy (non-hydrogen) atoms. The molecule has 1 aromatic rings. The molecule has 0 radical (unpaired) electrons. The molecule has 70 valence electrons. The lowest BCUT2D eigenvalue weighted by Gasteiger charge is -2.09. The van der Waals surface area contributed by atoms with Crippen molar-refractivity contribution >= 4 is 23.8 Å². The van der Waals surface area contributed by atoms with E-state index in [1.165, 1.54) is 24.0 Å². The summed E-state index contributed by atoms with van der Waals surface area (Å²) in [6.45, 7) is 0. The molecule has 1 unspecified atom stereocenters. The third kappa shape index (κ3) is 2.12. The van der Waals surface area contributed by atoms with E-state index in [0.29, 0.717) is 0 Å². The molecule has 1 aliphatic heterocycles. The van der Waals surface area contributed by atoms with Gasteiger partial charge in [0.2, 0.25) is 0 Å². The Morgan fingerprint density at radius 2 is 2.00 bits per heavy atom. The smallest absolute Gasteiger partial charge is 0.175 e. The molecule has 1 atom stereocenters. The second kappa shape index (κ2) is 4.24. The van der Waals surface area contributed by atoms with Crippen LogP contribution < -0.4 is 0 Å². The predicted molar refractivity (Wildman–Crippen MR) is 58.7 cm³/mol. The Labute approximate surface area is 86.7 Å². The number of hydrogen-bond donors (Lipinski definition) is 0. The van der Waals surface area contributed by atoms with Crippen molar-refractivity contribution in [2.45, 2.75) is 10.1 Å². The Hall–Kier alpha value is -1.35. The summed E-state index contributed by atoms with van der Waals surface area (Å²) in [7, 11) is 0. The fourth-order valence-corrected chi connectivity index (χ4v) is 2.08. The normalized spacial score (nSPS) is 20.0. The van der Waals surface area contributed by atoms with Crippen LogP contribution in [0.15, 0.2) is 52.5 Å². The van der Waals surface area contributed by atoms with Crippen molar-refractivity contribution in [2.24, 2.45) is 4.99 Å². The van der Waals surface area contributed by atoms with Gasteiger partial charge >= 0.3 is 0 Å². The molecule has 1 heterocycles. The fourth-order valence-electron chi connectivity index (χ4n) is 1.15. The van der Waals surface area contributed by atoms with E-state index in [2.05, 4.69) is 4.99 Å². The second-order valence-corrected chi connectivity index (χ2v) is 4.08. The number of aliphatic imine (C=N–C) groups is 1. The number of carbonyl (C=O) groups excluding carboxylic acids is 1. The molecule has 1 aromatic carbocycles. The van der Waals surface area contributed by atoms with Crippen LogP contribution >= 0.6 is 11.8 Å². The monoisotopic (exact) mass is 203 g/mol. The van der Waals surface area contributed by atoms with Gasteiger partial charge < -0.3 is 0 Å². The summed E-state index contributed by atoms with van der Waals surface area (Å²) in [4.78, 5) is 16.4. The zero-order valence-corrected chi connectivity index (χ0v) is 8.28. The Morgan fingerprint density at radius 1 is 1.21 bits per heavy atom. The van der Waals surface area contributed by atoms with Crippen molar-refractivity contribution in [2.75, 3.05) is 0 Å². The molecule has 0 aromatic heterocycles. The summed E-state index contributed by atoms with van der Waals surface area (Å²) < 4.78 is 0. The quantitative estimate of drug-likeness (QED) is 0.738. The van der Waals surface area contributed by atoms with Crippen LogP contribution in [0.1, 0.15) is 0 Å². The second-order valence-electron chi connectivity index (χ2n) is 2.87. The Morgan fingerprint density at radius 3 is 2.71 bits per heavy atom. The molecule has 0 spiro atoms. The van der Waals surface area contributed by atoms with Crippen molar-refractivity contribution in [3.8, 4) is 0 Å². The lowest BCUT2D eigenvalue weighted by molar-refractivity contribution is -0.113. The van der Waals surface area contributed by atoms with Gasteiger partial charge in [-0.15, -0.1) is 11.8 Å². The summed E-state index contributed by atoms with van der Waals surface area (Å²) in [5.41, 5.74) is 0. The highest BCUT2D eigenvalue weighted by molar-refractivity contribution is 8.01. The molecule has 0 bridgehead atoms. The van der Waals surface area contributed by atoms with E-state index in [0.717, 1.165) is 4.90 Å². The van der Waals surface area contributed by atoms with Crippen molar-refractivity contribution in [3.05, 3.63) is 42.6 Å². The van der Waals surface area contributed by atoms with Crippen LogP contribution in [-0.4, -0.2) is 17.2 Å². The van der Waals surface area contributed by atoms with Crippen LogP contribution in [0.4, 0.5) is 0 Å². The average molecular weight is 203 g/mol. The minimum atomic E-state index is -0.164. The minimum absolute atomic E-state index is 0.105. The average Bonchev–Trinajstić information content (AvgIpc) is 2.23. The van der Waals surface area contributed by atoms with Crippen molar-refractivity contribution < 1.29 is 4.79 Å². The van der Waals surface area contributed by atoms with Crippen LogP contribution in [0.3, 0.4) is 0 Å². The minimum Gasteiger partial charge on any atom is -0.293 e. The van der Waals surface area contributed by atoms with Crippen LogP contribution in [0.25, 0.3) is 0 Å². The largest absolute Gasteiger partial charge is 0.293 e. The SMILES string of the molecule is O=C1C=CN=CC1Sc1ccccc1. The number of benzene rings is 1. The van der Waals surface area contributed by atoms with Crippen LogP contribution in [0, 0.1) is 0 Å². The number of nitrogens with zero attached hydrogens (tertiary/aromatic N) is 1. The van der Waals surface area contributed by atoms with Gasteiger partial charge in [0.1, 0.15) is 5.25 Å². The summed E-state index contributed by atoms with van der Waals surface area (Å²) in [6, 6.07) is 9.86.